The minimum absolute atomic E-state index is 0.0494. The van der Waals surface area contributed by atoms with E-state index in [1.165, 1.54) is 13.3 Å². The summed E-state index contributed by atoms with van der Waals surface area (Å²) in [7, 11) is 1.46. The third-order valence-electron chi connectivity index (χ3n) is 4.48. The van der Waals surface area contributed by atoms with Crippen molar-refractivity contribution in [2.75, 3.05) is 7.11 Å². The van der Waals surface area contributed by atoms with Crippen LogP contribution in [0.3, 0.4) is 0 Å². The molecule has 4 rings (SSSR count). The fourth-order valence-corrected chi connectivity index (χ4v) is 3.05. The molecular weight excluding hydrogens is 404 g/mol. The van der Waals surface area contributed by atoms with Crippen molar-refractivity contribution in [2.45, 2.75) is 0 Å². The Kier molecular flexibility index (Phi) is 5.36. The Morgan fingerprint density at radius 1 is 1.20 bits per heavy atom. The Balaban J connectivity index is 1.51. The molecule has 0 saturated heterocycles. The highest BCUT2D eigenvalue weighted by Crippen LogP contribution is 2.28. The van der Waals surface area contributed by atoms with E-state index in [1.54, 1.807) is 48.5 Å². The number of methoxy groups -OCH3 is 1. The molecule has 0 atom stereocenters. The third kappa shape index (κ3) is 3.97. The van der Waals surface area contributed by atoms with Gasteiger partial charge in [0.25, 0.3) is 5.91 Å². The molecule has 0 aliphatic heterocycles. The fourth-order valence-electron chi connectivity index (χ4n) is 2.93. The summed E-state index contributed by atoms with van der Waals surface area (Å²) in [5.74, 6) is 0.571. The standard InChI is InChI=1S/C22H17ClN4O3/c1-30-19-4-2-3-15(20(19)28)12-24-27-22(29)14-7-10-17-18(11-14)26-21(25-17)13-5-8-16(23)9-6-13/h2-12,28H,1H3,(H,25,26)(H,27,29). The van der Waals surface area contributed by atoms with Crippen LogP contribution >= 0.6 is 11.6 Å². The first kappa shape index (κ1) is 19.5. The number of nitrogens with zero attached hydrogens (tertiary/aromatic N) is 2. The SMILES string of the molecule is COc1cccc(C=NNC(=O)c2ccc3nc(-c4ccc(Cl)cc4)[nH]c3c2)c1O. The van der Waals surface area contributed by atoms with E-state index in [0.29, 0.717) is 27.7 Å². The van der Waals surface area contributed by atoms with Gasteiger partial charge in [-0.05, 0) is 54.6 Å². The van der Waals surface area contributed by atoms with Crippen molar-refractivity contribution in [1.29, 1.82) is 0 Å². The average Bonchev–Trinajstić information content (AvgIpc) is 3.18. The summed E-state index contributed by atoms with van der Waals surface area (Å²) in [4.78, 5) is 20.2. The number of halogens is 1. The lowest BCUT2D eigenvalue weighted by Crippen LogP contribution is -2.17. The fraction of sp³-hybridized carbons (Fsp3) is 0.0455. The van der Waals surface area contributed by atoms with Crippen LogP contribution in [0, 0.1) is 0 Å². The van der Waals surface area contributed by atoms with Crippen LogP contribution in [0.4, 0.5) is 0 Å². The predicted molar refractivity (Wildman–Crippen MR) is 116 cm³/mol. The number of imidazole rings is 1. The van der Waals surface area contributed by atoms with Gasteiger partial charge in [-0.15, -0.1) is 0 Å². The van der Waals surface area contributed by atoms with Crippen LogP contribution in [0.5, 0.6) is 11.5 Å². The molecule has 0 bridgehead atoms. The maximum Gasteiger partial charge on any atom is 0.271 e. The van der Waals surface area contributed by atoms with Crippen LogP contribution in [0.15, 0.2) is 65.8 Å². The first-order valence-electron chi connectivity index (χ1n) is 9.00. The maximum atomic E-state index is 12.4. The van der Waals surface area contributed by atoms with E-state index in [2.05, 4.69) is 20.5 Å². The molecule has 3 aromatic carbocycles. The molecule has 1 aromatic heterocycles. The van der Waals surface area contributed by atoms with Crippen molar-refractivity contribution in [3.8, 4) is 22.9 Å². The number of aromatic nitrogens is 2. The minimum Gasteiger partial charge on any atom is -0.504 e. The van der Waals surface area contributed by atoms with Crippen LogP contribution in [-0.2, 0) is 0 Å². The lowest BCUT2D eigenvalue weighted by atomic mass is 10.2. The summed E-state index contributed by atoms with van der Waals surface area (Å²) in [6.45, 7) is 0. The average molecular weight is 421 g/mol. The number of phenolic OH excluding ortho intramolecular Hbond substituents is 1. The van der Waals surface area contributed by atoms with E-state index < -0.39 is 5.91 Å². The molecule has 0 fully saturated rings. The second-order valence-corrected chi connectivity index (χ2v) is 6.86. The van der Waals surface area contributed by atoms with Gasteiger partial charge < -0.3 is 14.8 Å². The largest absolute Gasteiger partial charge is 0.504 e. The number of aromatic amines is 1. The summed E-state index contributed by atoms with van der Waals surface area (Å²) in [6.07, 6.45) is 1.35. The number of hydrogen-bond acceptors (Lipinski definition) is 5. The topological polar surface area (TPSA) is 99.6 Å². The number of hydrogen-bond donors (Lipinski definition) is 3. The molecule has 3 N–H and O–H groups in total. The number of phenols is 1. The molecule has 1 heterocycles. The Morgan fingerprint density at radius 3 is 2.77 bits per heavy atom. The van der Waals surface area contributed by atoms with Crippen molar-refractivity contribution in [1.82, 2.24) is 15.4 Å². The lowest BCUT2D eigenvalue weighted by molar-refractivity contribution is 0.0955. The second-order valence-electron chi connectivity index (χ2n) is 6.42. The highest BCUT2D eigenvalue weighted by molar-refractivity contribution is 6.30. The maximum absolute atomic E-state index is 12.4. The van der Waals surface area contributed by atoms with Crippen LogP contribution in [0.25, 0.3) is 22.4 Å². The number of aromatic hydroxyl groups is 1. The first-order chi connectivity index (χ1) is 14.5. The molecule has 7 nitrogen and oxygen atoms in total. The van der Waals surface area contributed by atoms with Crippen molar-refractivity contribution >= 4 is 34.8 Å². The summed E-state index contributed by atoms with van der Waals surface area (Å²) >= 11 is 5.93. The number of H-pyrrole nitrogens is 1. The van der Waals surface area contributed by atoms with Gasteiger partial charge in [0.15, 0.2) is 11.5 Å². The molecule has 150 valence electrons. The molecule has 1 amide bonds. The van der Waals surface area contributed by atoms with Crippen molar-refractivity contribution in [2.24, 2.45) is 5.10 Å². The number of hydrazone groups is 1. The lowest BCUT2D eigenvalue weighted by Gasteiger charge is -2.05. The van der Waals surface area contributed by atoms with Crippen LogP contribution in [-0.4, -0.2) is 34.3 Å². The first-order valence-corrected chi connectivity index (χ1v) is 9.38. The summed E-state index contributed by atoms with van der Waals surface area (Å²) in [5.41, 5.74) is 5.65. The van der Waals surface area contributed by atoms with Gasteiger partial charge in [0.05, 0.1) is 24.4 Å². The monoisotopic (exact) mass is 420 g/mol. The Bertz CT molecular complexity index is 1250. The predicted octanol–water partition coefficient (Wildman–Crippen LogP) is 4.36. The Labute approximate surface area is 177 Å². The molecule has 0 unspecified atom stereocenters. The van der Waals surface area contributed by atoms with Gasteiger partial charge in [0, 0.05) is 21.7 Å². The molecule has 8 heteroatoms. The molecule has 30 heavy (non-hydrogen) atoms. The second kappa shape index (κ2) is 8.26. The van der Waals surface area contributed by atoms with Gasteiger partial charge in [-0.2, -0.15) is 5.10 Å². The molecule has 4 aromatic rings. The summed E-state index contributed by atoms with van der Waals surface area (Å²) in [6, 6.07) is 17.5. The molecular formula is C22H17ClN4O3. The zero-order chi connectivity index (χ0) is 21.1. The number of ether oxygens (including phenoxy) is 1. The van der Waals surface area contributed by atoms with Crippen LogP contribution in [0.2, 0.25) is 5.02 Å². The van der Waals surface area contributed by atoms with E-state index in [0.717, 1.165) is 16.6 Å². The van der Waals surface area contributed by atoms with Gasteiger partial charge in [0.1, 0.15) is 5.82 Å². The zero-order valence-electron chi connectivity index (χ0n) is 15.9. The molecule has 0 radical (unpaired) electrons. The zero-order valence-corrected chi connectivity index (χ0v) is 16.6. The van der Waals surface area contributed by atoms with E-state index in [-0.39, 0.29) is 5.75 Å². The number of nitrogens with one attached hydrogen (secondary N) is 2. The van der Waals surface area contributed by atoms with E-state index in [1.807, 2.05) is 12.1 Å². The van der Waals surface area contributed by atoms with Crippen molar-refractivity contribution in [3.63, 3.8) is 0 Å². The summed E-state index contributed by atoms with van der Waals surface area (Å²) < 4.78 is 5.05. The quantitative estimate of drug-likeness (QED) is 0.330. The number of benzene rings is 3. The van der Waals surface area contributed by atoms with Gasteiger partial charge in [0.2, 0.25) is 0 Å². The Morgan fingerprint density at radius 2 is 2.00 bits per heavy atom. The van der Waals surface area contributed by atoms with Crippen molar-refractivity contribution in [3.05, 3.63) is 76.8 Å². The number of rotatable bonds is 5. The van der Waals surface area contributed by atoms with Crippen LogP contribution in [0.1, 0.15) is 15.9 Å². The number of para-hydroxylation sites is 1. The highest BCUT2D eigenvalue weighted by Gasteiger charge is 2.10. The molecule has 0 aliphatic rings. The normalized spacial score (nSPS) is 11.1. The van der Waals surface area contributed by atoms with E-state index in [4.69, 9.17) is 16.3 Å². The third-order valence-corrected chi connectivity index (χ3v) is 4.73. The number of carbonyl (C=O) groups is 1. The summed E-state index contributed by atoms with van der Waals surface area (Å²) in [5, 5.41) is 14.6. The van der Waals surface area contributed by atoms with Gasteiger partial charge in [-0.1, -0.05) is 17.7 Å². The Hall–Kier alpha value is -3.84. The highest BCUT2D eigenvalue weighted by atomic mass is 35.5. The number of carbonyl (C=O) groups excluding carboxylic acids is 1. The van der Waals surface area contributed by atoms with Gasteiger partial charge in [-0.25, -0.2) is 10.4 Å². The number of amides is 1. The van der Waals surface area contributed by atoms with Crippen LogP contribution < -0.4 is 10.2 Å². The van der Waals surface area contributed by atoms with E-state index in [9.17, 15) is 9.90 Å². The molecule has 0 spiro atoms. The van der Waals surface area contributed by atoms with E-state index >= 15 is 0 Å². The van der Waals surface area contributed by atoms with Crippen molar-refractivity contribution < 1.29 is 14.6 Å². The van der Waals surface area contributed by atoms with Gasteiger partial charge >= 0.3 is 0 Å². The smallest absolute Gasteiger partial charge is 0.271 e. The minimum atomic E-state index is -0.391. The molecule has 0 saturated carbocycles. The molecule has 0 aliphatic carbocycles. The number of fused-ring (bicyclic) bond motifs is 1. The van der Waals surface area contributed by atoms with Gasteiger partial charge in [-0.3, -0.25) is 4.79 Å².